The van der Waals surface area contributed by atoms with Gasteiger partial charge in [0.1, 0.15) is 0 Å². The standard InChI is InChI=1S/C20H27N5OS/c1-17-4-6-18(7-5-17)27-16-19(26)21-10-3-11-24-12-14-25(15-13-24)20-22-8-2-9-23-20/h2,4-9H,3,10-16H2,1H3,(H,21,26). The molecule has 0 atom stereocenters. The molecule has 1 amide bonds. The number of amides is 1. The lowest BCUT2D eigenvalue weighted by Gasteiger charge is -2.34. The number of nitrogens with zero attached hydrogens (tertiary/aromatic N) is 4. The van der Waals surface area contributed by atoms with E-state index < -0.39 is 0 Å². The van der Waals surface area contributed by atoms with Gasteiger partial charge < -0.3 is 10.2 Å². The molecule has 1 saturated heterocycles. The molecule has 0 unspecified atom stereocenters. The highest BCUT2D eigenvalue weighted by Gasteiger charge is 2.18. The fraction of sp³-hybridized carbons (Fsp3) is 0.450. The summed E-state index contributed by atoms with van der Waals surface area (Å²) in [6, 6.07) is 10.1. The fourth-order valence-electron chi connectivity index (χ4n) is 2.99. The number of rotatable bonds is 8. The van der Waals surface area contributed by atoms with Gasteiger partial charge in [0.2, 0.25) is 11.9 Å². The first-order valence-corrected chi connectivity index (χ1v) is 10.4. The maximum Gasteiger partial charge on any atom is 0.230 e. The molecule has 0 saturated carbocycles. The van der Waals surface area contributed by atoms with Crippen molar-refractivity contribution in [1.29, 1.82) is 0 Å². The number of hydrogen-bond donors (Lipinski definition) is 1. The maximum atomic E-state index is 12.0. The molecule has 3 rings (SSSR count). The van der Waals surface area contributed by atoms with Crippen LogP contribution in [0, 0.1) is 6.92 Å². The molecule has 0 radical (unpaired) electrons. The molecule has 0 aliphatic carbocycles. The first-order valence-electron chi connectivity index (χ1n) is 9.41. The number of aromatic nitrogens is 2. The molecule has 144 valence electrons. The number of carbonyl (C=O) groups excluding carboxylic acids is 1. The van der Waals surface area contributed by atoms with Crippen LogP contribution in [0.1, 0.15) is 12.0 Å². The molecule has 27 heavy (non-hydrogen) atoms. The summed E-state index contributed by atoms with van der Waals surface area (Å²) in [6.45, 7) is 7.72. The first-order chi connectivity index (χ1) is 13.2. The molecular formula is C20H27N5OS. The molecule has 0 spiro atoms. The zero-order chi connectivity index (χ0) is 18.9. The molecule has 1 fully saturated rings. The third kappa shape index (κ3) is 6.52. The number of nitrogens with one attached hydrogen (secondary N) is 1. The van der Waals surface area contributed by atoms with Gasteiger partial charge in [-0.1, -0.05) is 17.7 Å². The quantitative estimate of drug-likeness (QED) is 0.555. The minimum Gasteiger partial charge on any atom is -0.355 e. The summed E-state index contributed by atoms with van der Waals surface area (Å²) < 4.78 is 0. The Labute approximate surface area is 165 Å². The van der Waals surface area contributed by atoms with E-state index in [1.807, 2.05) is 6.07 Å². The number of benzene rings is 1. The van der Waals surface area contributed by atoms with Gasteiger partial charge in [0.25, 0.3) is 0 Å². The van der Waals surface area contributed by atoms with Crippen molar-refractivity contribution in [2.45, 2.75) is 18.2 Å². The SMILES string of the molecule is Cc1ccc(SCC(=O)NCCCN2CCN(c3ncccn3)CC2)cc1. The van der Waals surface area contributed by atoms with Crippen LogP contribution in [0.5, 0.6) is 0 Å². The highest BCUT2D eigenvalue weighted by atomic mass is 32.2. The van der Waals surface area contributed by atoms with Crippen molar-refractivity contribution in [3.8, 4) is 0 Å². The van der Waals surface area contributed by atoms with Crippen LogP contribution in [0.2, 0.25) is 0 Å². The molecule has 1 aromatic carbocycles. The second kappa shape index (κ2) is 10.3. The van der Waals surface area contributed by atoms with Crippen molar-refractivity contribution in [3.63, 3.8) is 0 Å². The van der Waals surface area contributed by atoms with Crippen LogP contribution < -0.4 is 10.2 Å². The monoisotopic (exact) mass is 385 g/mol. The largest absolute Gasteiger partial charge is 0.355 e. The highest BCUT2D eigenvalue weighted by Crippen LogP contribution is 2.17. The van der Waals surface area contributed by atoms with Gasteiger partial charge in [0.15, 0.2) is 0 Å². The Kier molecular flexibility index (Phi) is 7.47. The molecule has 2 heterocycles. The summed E-state index contributed by atoms with van der Waals surface area (Å²) in [5.41, 5.74) is 1.24. The first kappa shape index (κ1) is 19.6. The summed E-state index contributed by atoms with van der Waals surface area (Å²) in [5, 5.41) is 3.02. The topological polar surface area (TPSA) is 61.4 Å². The van der Waals surface area contributed by atoms with Crippen LogP contribution in [0.3, 0.4) is 0 Å². The lowest BCUT2D eigenvalue weighted by atomic mass is 10.2. The van der Waals surface area contributed by atoms with Crippen LogP contribution in [-0.2, 0) is 4.79 Å². The van der Waals surface area contributed by atoms with E-state index in [1.165, 1.54) is 5.56 Å². The summed E-state index contributed by atoms with van der Waals surface area (Å²) in [4.78, 5) is 26.4. The zero-order valence-corrected chi connectivity index (χ0v) is 16.6. The third-order valence-corrected chi connectivity index (χ3v) is 5.58. The predicted octanol–water partition coefficient (Wildman–Crippen LogP) is 2.21. The van der Waals surface area contributed by atoms with Gasteiger partial charge in [-0.3, -0.25) is 9.69 Å². The van der Waals surface area contributed by atoms with E-state index in [-0.39, 0.29) is 5.91 Å². The second-order valence-electron chi connectivity index (χ2n) is 6.68. The molecule has 1 aliphatic heterocycles. The Morgan fingerprint density at radius 1 is 1.11 bits per heavy atom. The van der Waals surface area contributed by atoms with Gasteiger partial charge in [0, 0.05) is 50.0 Å². The number of anilines is 1. The minimum absolute atomic E-state index is 0.103. The molecule has 1 N–H and O–H groups in total. The number of carbonyl (C=O) groups is 1. The number of thioether (sulfide) groups is 1. The van der Waals surface area contributed by atoms with Crippen LogP contribution in [0.15, 0.2) is 47.6 Å². The molecule has 1 aromatic heterocycles. The summed E-state index contributed by atoms with van der Waals surface area (Å²) in [7, 11) is 0. The van der Waals surface area contributed by atoms with Gasteiger partial charge in [-0.25, -0.2) is 9.97 Å². The fourth-order valence-corrected chi connectivity index (χ4v) is 3.72. The van der Waals surface area contributed by atoms with Crippen molar-refractivity contribution >= 4 is 23.6 Å². The molecule has 7 heteroatoms. The average molecular weight is 386 g/mol. The van der Waals surface area contributed by atoms with Crippen LogP contribution >= 0.6 is 11.8 Å². The normalized spacial score (nSPS) is 14.9. The van der Waals surface area contributed by atoms with Crippen molar-refractivity contribution in [2.75, 3.05) is 49.9 Å². The van der Waals surface area contributed by atoms with E-state index in [0.717, 1.165) is 56.5 Å². The minimum atomic E-state index is 0.103. The van der Waals surface area contributed by atoms with Gasteiger partial charge in [-0.15, -0.1) is 11.8 Å². The molecule has 0 bridgehead atoms. The highest BCUT2D eigenvalue weighted by molar-refractivity contribution is 8.00. The third-order valence-electron chi connectivity index (χ3n) is 4.57. The Hall–Kier alpha value is -2.12. The lowest BCUT2D eigenvalue weighted by Crippen LogP contribution is -2.47. The number of piperazine rings is 1. The second-order valence-corrected chi connectivity index (χ2v) is 7.73. The van der Waals surface area contributed by atoms with E-state index in [1.54, 1.807) is 24.2 Å². The number of hydrogen-bond acceptors (Lipinski definition) is 6. The zero-order valence-electron chi connectivity index (χ0n) is 15.8. The van der Waals surface area contributed by atoms with Crippen molar-refractivity contribution in [3.05, 3.63) is 48.3 Å². The van der Waals surface area contributed by atoms with E-state index in [4.69, 9.17) is 0 Å². The van der Waals surface area contributed by atoms with E-state index in [0.29, 0.717) is 5.75 Å². The predicted molar refractivity (Wildman–Crippen MR) is 110 cm³/mol. The molecular weight excluding hydrogens is 358 g/mol. The van der Waals surface area contributed by atoms with Crippen LogP contribution in [0.25, 0.3) is 0 Å². The summed E-state index contributed by atoms with van der Waals surface area (Å²) in [5.74, 6) is 1.39. The Balaban J connectivity index is 1.26. The molecule has 6 nitrogen and oxygen atoms in total. The van der Waals surface area contributed by atoms with Crippen LogP contribution in [0.4, 0.5) is 5.95 Å². The lowest BCUT2D eigenvalue weighted by molar-refractivity contribution is -0.118. The average Bonchev–Trinajstić information content (AvgIpc) is 2.72. The Morgan fingerprint density at radius 2 is 1.81 bits per heavy atom. The Bertz CT molecular complexity index is 702. The molecule has 2 aromatic rings. The van der Waals surface area contributed by atoms with E-state index in [9.17, 15) is 4.79 Å². The molecule has 1 aliphatic rings. The van der Waals surface area contributed by atoms with E-state index in [2.05, 4.69) is 56.3 Å². The van der Waals surface area contributed by atoms with E-state index >= 15 is 0 Å². The summed E-state index contributed by atoms with van der Waals surface area (Å²) in [6.07, 6.45) is 4.55. The van der Waals surface area contributed by atoms with Gasteiger partial charge in [0.05, 0.1) is 5.75 Å². The van der Waals surface area contributed by atoms with Gasteiger partial charge in [-0.05, 0) is 38.1 Å². The van der Waals surface area contributed by atoms with Crippen molar-refractivity contribution < 1.29 is 4.79 Å². The maximum absolute atomic E-state index is 12.0. The Morgan fingerprint density at radius 3 is 2.52 bits per heavy atom. The number of aryl methyl sites for hydroxylation is 1. The van der Waals surface area contributed by atoms with Crippen molar-refractivity contribution in [1.82, 2.24) is 20.2 Å². The van der Waals surface area contributed by atoms with Gasteiger partial charge >= 0.3 is 0 Å². The summed E-state index contributed by atoms with van der Waals surface area (Å²) >= 11 is 1.58. The van der Waals surface area contributed by atoms with Gasteiger partial charge in [-0.2, -0.15) is 0 Å². The van der Waals surface area contributed by atoms with Crippen molar-refractivity contribution in [2.24, 2.45) is 0 Å². The van der Waals surface area contributed by atoms with Crippen LogP contribution in [-0.4, -0.2) is 65.8 Å². The smallest absolute Gasteiger partial charge is 0.230 e.